The van der Waals surface area contributed by atoms with Gasteiger partial charge in [-0.05, 0) is 38.6 Å². The Morgan fingerprint density at radius 1 is 1.23 bits per heavy atom. The molecule has 0 aliphatic heterocycles. The Morgan fingerprint density at radius 2 is 1.82 bits per heavy atom. The zero-order chi connectivity index (χ0) is 16.6. The van der Waals surface area contributed by atoms with E-state index in [-0.39, 0.29) is 12.6 Å². The molecular weight excluding hydrogens is 278 g/mol. The van der Waals surface area contributed by atoms with Crippen LogP contribution >= 0.6 is 0 Å². The van der Waals surface area contributed by atoms with E-state index in [1.165, 1.54) is 5.56 Å². The topological polar surface area (TPSA) is 64.6 Å². The Bertz CT molecular complexity index is 459. The predicted molar refractivity (Wildman–Crippen MR) is 89.6 cm³/mol. The predicted octanol–water partition coefficient (Wildman–Crippen LogP) is 2.10. The van der Waals surface area contributed by atoms with Gasteiger partial charge in [-0.2, -0.15) is 0 Å². The first-order chi connectivity index (χ1) is 10.4. The van der Waals surface area contributed by atoms with E-state index in [0.29, 0.717) is 6.54 Å². The maximum Gasteiger partial charge on any atom is 0.315 e. The largest absolute Gasteiger partial charge is 0.394 e. The van der Waals surface area contributed by atoms with Gasteiger partial charge in [0.05, 0.1) is 12.1 Å². The minimum atomic E-state index is -0.561. The summed E-state index contributed by atoms with van der Waals surface area (Å²) >= 11 is 0. The van der Waals surface area contributed by atoms with Crippen molar-refractivity contribution >= 4 is 6.03 Å². The third-order valence-corrected chi connectivity index (χ3v) is 3.54. The van der Waals surface area contributed by atoms with Crippen molar-refractivity contribution < 1.29 is 9.90 Å². The lowest BCUT2D eigenvalue weighted by atomic mass is 9.98. The third-order valence-electron chi connectivity index (χ3n) is 3.54. The number of rotatable bonds is 8. The molecule has 3 N–H and O–H groups in total. The van der Waals surface area contributed by atoms with Gasteiger partial charge in [0.15, 0.2) is 0 Å². The van der Waals surface area contributed by atoms with E-state index in [0.717, 1.165) is 24.9 Å². The molecule has 0 aliphatic rings. The normalized spacial score (nSPS) is 13.7. The molecule has 1 unspecified atom stereocenters. The monoisotopic (exact) mass is 307 g/mol. The van der Waals surface area contributed by atoms with Crippen LogP contribution in [0.15, 0.2) is 24.3 Å². The molecule has 1 aromatic rings. The van der Waals surface area contributed by atoms with Gasteiger partial charge in [0.2, 0.25) is 0 Å². The Morgan fingerprint density at radius 3 is 2.32 bits per heavy atom. The summed E-state index contributed by atoms with van der Waals surface area (Å²) in [6.07, 6.45) is 1.65. The maximum atomic E-state index is 11.9. The average molecular weight is 307 g/mol. The molecule has 0 saturated heterocycles. The molecular formula is C17H29N3O2. The zero-order valence-electron chi connectivity index (χ0n) is 14.1. The van der Waals surface area contributed by atoms with Crippen molar-refractivity contribution in [1.82, 2.24) is 15.5 Å². The molecule has 0 radical (unpaired) electrons. The number of aliphatic hydroxyl groups is 1. The van der Waals surface area contributed by atoms with Crippen LogP contribution in [0.4, 0.5) is 4.79 Å². The number of hydrogen-bond donors (Lipinski definition) is 3. The second kappa shape index (κ2) is 8.76. The van der Waals surface area contributed by atoms with E-state index >= 15 is 0 Å². The zero-order valence-corrected chi connectivity index (χ0v) is 14.1. The van der Waals surface area contributed by atoms with Gasteiger partial charge in [-0.1, -0.05) is 37.6 Å². The number of amides is 2. The van der Waals surface area contributed by atoms with Crippen LogP contribution < -0.4 is 10.6 Å². The summed E-state index contributed by atoms with van der Waals surface area (Å²) in [5.41, 5.74) is 1.74. The van der Waals surface area contributed by atoms with Crippen molar-refractivity contribution in [2.24, 2.45) is 0 Å². The molecule has 1 aromatic carbocycles. The highest BCUT2D eigenvalue weighted by atomic mass is 16.3. The number of benzene rings is 1. The molecule has 1 atom stereocenters. The fourth-order valence-electron chi connectivity index (χ4n) is 2.36. The fraction of sp³-hybridized carbons (Fsp3) is 0.588. The second-order valence-corrected chi connectivity index (χ2v) is 6.33. The molecule has 0 aliphatic carbocycles. The summed E-state index contributed by atoms with van der Waals surface area (Å²) in [5.74, 6) is 0. The molecule has 0 aromatic heterocycles. The average Bonchev–Trinajstić information content (AvgIpc) is 2.46. The molecule has 0 bridgehead atoms. The van der Waals surface area contributed by atoms with Crippen molar-refractivity contribution in [3.63, 3.8) is 0 Å². The highest BCUT2D eigenvalue weighted by Gasteiger charge is 2.24. The summed E-state index contributed by atoms with van der Waals surface area (Å²) in [7, 11) is 4.07. The van der Waals surface area contributed by atoms with Crippen LogP contribution in [0.5, 0.6) is 0 Å². The van der Waals surface area contributed by atoms with E-state index in [1.807, 2.05) is 40.1 Å². The highest BCUT2D eigenvalue weighted by Crippen LogP contribution is 2.11. The van der Waals surface area contributed by atoms with Crippen LogP contribution in [0.2, 0.25) is 0 Å². The lowest BCUT2D eigenvalue weighted by molar-refractivity contribution is 0.163. The van der Waals surface area contributed by atoms with Crippen LogP contribution in [0.1, 0.15) is 37.8 Å². The SMILES string of the molecule is CCCC(C)(CO)NC(=O)NCc1ccc(CN(C)C)cc1. The smallest absolute Gasteiger partial charge is 0.315 e. The lowest BCUT2D eigenvalue weighted by Gasteiger charge is -2.28. The quantitative estimate of drug-likeness (QED) is 0.689. The van der Waals surface area contributed by atoms with E-state index < -0.39 is 5.54 Å². The Labute approximate surface area is 133 Å². The van der Waals surface area contributed by atoms with Crippen molar-refractivity contribution in [2.45, 2.75) is 45.3 Å². The van der Waals surface area contributed by atoms with Gasteiger partial charge in [-0.3, -0.25) is 0 Å². The number of nitrogens with zero attached hydrogens (tertiary/aromatic N) is 1. The van der Waals surface area contributed by atoms with Gasteiger partial charge in [0.25, 0.3) is 0 Å². The van der Waals surface area contributed by atoms with E-state index in [4.69, 9.17) is 0 Å². The van der Waals surface area contributed by atoms with E-state index in [2.05, 4.69) is 27.7 Å². The van der Waals surface area contributed by atoms with Crippen LogP contribution in [-0.4, -0.2) is 42.3 Å². The summed E-state index contributed by atoms with van der Waals surface area (Å²) in [6, 6.07) is 7.95. The minimum absolute atomic E-state index is 0.0620. The lowest BCUT2D eigenvalue weighted by Crippen LogP contribution is -2.52. The molecule has 2 amide bonds. The van der Waals surface area contributed by atoms with Crippen molar-refractivity contribution in [3.05, 3.63) is 35.4 Å². The third kappa shape index (κ3) is 6.45. The summed E-state index contributed by atoms with van der Waals surface area (Å²) in [4.78, 5) is 14.1. The molecule has 1 rings (SSSR count). The number of aliphatic hydroxyl groups excluding tert-OH is 1. The Hall–Kier alpha value is -1.59. The molecule has 0 saturated carbocycles. The molecule has 5 heteroatoms. The molecule has 22 heavy (non-hydrogen) atoms. The van der Waals surface area contributed by atoms with Gasteiger partial charge in [0.1, 0.15) is 0 Å². The van der Waals surface area contributed by atoms with Crippen LogP contribution in [-0.2, 0) is 13.1 Å². The van der Waals surface area contributed by atoms with Gasteiger partial charge in [-0.25, -0.2) is 4.79 Å². The molecule has 0 heterocycles. The minimum Gasteiger partial charge on any atom is -0.394 e. The van der Waals surface area contributed by atoms with E-state index in [1.54, 1.807) is 0 Å². The van der Waals surface area contributed by atoms with Gasteiger partial charge >= 0.3 is 6.03 Å². The molecule has 124 valence electrons. The molecule has 5 nitrogen and oxygen atoms in total. The van der Waals surface area contributed by atoms with Crippen LogP contribution in [0.3, 0.4) is 0 Å². The van der Waals surface area contributed by atoms with Crippen molar-refractivity contribution in [3.8, 4) is 0 Å². The van der Waals surface area contributed by atoms with Crippen molar-refractivity contribution in [2.75, 3.05) is 20.7 Å². The summed E-state index contributed by atoms with van der Waals surface area (Å²) in [6.45, 7) is 5.20. The highest BCUT2D eigenvalue weighted by molar-refractivity contribution is 5.74. The fourth-order valence-corrected chi connectivity index (χ4v) is 2.36. The van der Waals surface area contributed by atoms with Gasteiger partial charge in [0, 0.05) is 13.1 Å². The van der Waals surface area contributed by atoms with Crippen LogP contribution in [0, 0.1) is 0 Å². The first kappa shape index (κ1) is 18.5. The number of urea groups is 1. The molecule has 0 spiro atoms. The Balaban J connectivity index is 2.46. The summed E-state index contributed by atoms with van der Waals surface area (Å²) in [5, 5.41) is 15.1. The van der Waals surface area contributed by atoms with Crippen LogP contribution in [0.25, 0.3) is 0 Å². The first-order valence-electron chi connectivity index (χ1n) is 7.78. The number of carbonyl (C=O) groups excluding carboxylic acids is 1. The number of carbonyl (C=O) groups is 1. The first-order valence-corrected chi connectivity index (χ1v) is 7.78. The standard InChI is InChI=1S/C17H29N3O2/c1-5-10-17(2,13-21)19-16(22)18-11-14-6-8-15(9-7-14)12-20(3)4/h6-9,21H,5,10-13H2,1-4H3,(H2,18,19,22). The molecule has 0 fully saturated rings. The maximum absolute atomic E-state index is 11.9. The van der Waals surface area contributed by atoms with Gasteiger partial charge in [-0.15, -0.1) is 0 Å². The number of nitrogens with one attached hydrogen (secondary N) is 2. The summed E-state index contributed by atoms with van der Waals surface area (Å²) < 4.78 is 0. The van der Waals surface area contributed by atoms with Gasteiger partial charge < -0.3 is 20.6 Å². The van der Waals surface area contributed by atoms with Crippen molar-refractivity contribution in [1.29, 1.82) is 0 Å². The Kier molecular flexibility index (Phi) is 7.35. The number of hydrogen-bond acceptors (Lipinski definition) is 3. The second-order valence-electron chi connectivity index (χ2n) is 6.33. The van der Waals surface area contributed by atoms with E-state index in [9.17, 15) is 9.90 Å².